The lowest BCUT2D eigenvalue weighted by molar-refractivity contribution is -0.137. The number of nitrogens with one attached hydrogen (secondary N) is 1. The molecule has 4 rings (SSSR count). The van der Waals surface area contributed by atoms with Crippen LogP contribution < -0.4 is 10.2 Å². The average molecular weight is 421 g/mol. The highest BCUT2D eigenvalue weighted by molar-refractivity contribution is 5.99. The molecule has 1 aliphatic heterocycles. The molecule has 1 N–H and O–H groups in total. The van der Waals surface area contributed by atoms with Crippen LogP contribution in [0.15, 0.2) is 40.9 Å². The van der Waals surface area contributed by atoms with Gasteiger partial charge >= 0.3 is 6.18 Å². The molecule has 158 valence electrons. The molecular formula is C21H19F4N3O2. The van der Waals surface area contributed by atoms with Gasteiger partial charge in [-0.05, 0) is 50.1 Å². The van der Waals surface area contributed by atoms with Crippen LogP contribution in [0.2, 0.25) is 0 Å². The number of carbonyl (C=O) groups excluding carboxylic acids is 1. The minimum Gasteiger partial charge on any atom is -0.451 e. The summed E-state index contributed by atoms with van der Waals surface area (Å²) in [4.78, 5) is 18.4. The van der Waals surface area contributed by atoms with E-state index in [0.29, 0.717) is 48.3 Å². The Hall–Kier alpha value is -3.10. The number of furan rings is 1. The summed E-state index contributed by atoms with van der Waals surface area (Å²) in [7, 11) is 0. The predicted molar refractivity (Wildman–Crippen MR) is 103 cm³/mol. The second-order valence-corrected chi connectivity index (χ2v) is 7.33. The van der Waals surface area contributed by atoms with Gasteiger partial charge in [0.15, 0.2) is 5.76 Å². The number of halogens is 4. The summed E-state index contributed by atoms with van der Waals surface area (Å²) in [6.07, 6.45) is -2.36. The van der Waals surface area contributed by atoms with Crippen LogP contribution in [0.25, 0.3) is 11.0 Å². The minimum absolute atomic E-state index is 0.104. The van der Waals surface area contributed by atoms with E-state index in [4.69, 9.17) is 4.42 Å². The van der Waals surface area contributed by atoms with Gasteiger partial charge in [0, 0.05) is 36.3 Å². The number of piperidine rings is 1. The van der Waals surface area contributed by atoms with Gasteiger partial charge in [-0.25, -0.2) is 9.37 Å². The fourth-order valence-electron chi connectivity index (χ4n) is 3.65. The van der Waals surface area contributed by atoms with Gasteiger partial charge in [0.05, 0.1) is 5.56 Å². The molecule has 9 heteroatoms. The molecule has 0 aliphatic carbocycles. The molecule has 2 aromatic heterocycles. The van der Waals surface area contributed by atoms with Crippen LogP contribution in [-0.4, -0.2) is 30.0 Å². The first-order valence-corrected chi connectivity index (χ1v) is 9.50. The van der Waals surface area contributed by atoms with Gasteiger partial charge in [0.25, 0.3) is 5.91 Å². The number of hydrogen-bond acceptors (Lipinski definition) is 4. The maximum Gasteiger partial charge on any atom is 0.417 e. The van der Waals surface area contributed by atoms with E-state index in [1.54, 1.807) is 6.92 Å². The average Bonchev–Trinajstić information content (AvgIpc) is 3.04. The third-order valence-corrected chi connectivity index (χ3v) is 5.33. The summed E-state index contributed by atoms with van der Waals surface area (Å²) >= 11 is 0. The molecule has 30 heavy (non-hydrogen) atoms. The Bertz CT molecular complexity index is 1070. The van der Waals surface area contributed by atoms with E-state index in [0.717, 1.165) is 12.3 Å². The lowest BCUT2D eigenvalue weighted by Gasteiger charge is -2.33. The van der Waals surface area contributed by atoms with Crippen molar-refractivity contribution < 1.29 is 26.8 Å². The summed E-state index contributed by atoms with van der Waals surface area (Å²) in [6.45, 7) is 2.81. The molecule has 1 amide bonds. The van der Waals surface area contributed by atoms with Crippen LogP contribution in [-0.2, 0) is 6.18 Å². The highest BCUT2D eigenvalue weighted by atomic mass is 19.4. The lowest BCUT2D eigenvalue weighted by atomic mass is 10.0. The van der Waals surface area contributed by atoms with E-state index < -0.39 is 17.6 Å². The van der Waals surface area contributed by atoms with Gasteiger partial charge in [-0.3, -0.25) is 4.79 Å². The molecule has 1 fully saturated rings. The van der Waals surface area contributed by atoms with Crippen LogP contribution in [0.5, 0.6) is 0 Å². The molecule has 0 bridgehead atoms. The number of aryl methyl sites for hydroxylation is 1. The van der Waals surface area contributed by atoms with E-state index in [2.05, 4.69) is 10.3 Å². The largest absolute Gasteiger partial charge is 0.451 e. The Labute approximate surface area is 169 Å². The van der Waals surface area contributed by atoms with Crippen molar-refractivity contribution in [3.63, 3.8) is 0 Å². The number of fused-ring (bicyclic) bond motifs is 1. The quantitative estimate of drug-likeness (QED) is 0.624. The zero-order valence-electron chi connectivity index (χ0n) is 16.1. The monoisotopic (exact) mass is 421 g/mol. The number of anilines is 1. The van der Waals surface area contributed by atoms with Crippen LogP contribution >= 0.6 is 0 Å². The predicted octanol–water partition coefficient (Wildman–Crippen LogP) is 4.69. The third-order valence-electron chi connectivity index (χ3n) is 5.33. The van der Waals surface area contributed by atoms with E-state index >= 15 is 0 Å². The molecule has 5 nitrogen and oxygen atoms in total. The summed E-state index contributed by atoms with van der Waals surface area (Å²) < 4.78 is 57.1. The van der Waals surface area contributed by atoms with Crippen molar-refractivity contribution in [1.29, 1.82) is 0 Å². The molecular weight excluding hydrogens is 402 g/mol. The topological polar surface area (TPSA) is 58.4 Å². The molecule has 0 unspecified atom stereocenters. The maximum absolute atomic E-state index is 13.4. The zero-order chi connectivity index (χ0) is 21.5. The first-order chi connectivity index (χ1) is 14.2. The smallest absolute Gasteiger partial charge is 0.417 e. The number of pyridine rings is 1. The van der Waals surface area contributed by atoms with Crippen LogP contribution in [0.1, 0.15) is 34.5 Å². The summed E-state index contributed by atoms with van der Waals surface area (Å²) in [5, 5.41) is 3.49. The molecule has 0 saturated carbocycles. The normalized spacial score (nSPS) is 15.6. The van der Waals surface area contributed by atoms with E-state index in [-0.39, 0.29) is 17.7 Å². The highest BCUT2D eigenvalue weighted by Crippen LogP contribution is 2.30. The summed E-state index contributed by atoms with van der Waals surface area (Å²) in [6, 6.07) is 6.37. The van der Waals surface area contributed by atoms with Crippen molar-refractivity contribution in [1.82, 2.24) is 10.3 Å². The molecule has 0 spiro atoms. The molecule has 1 aliphatic rings. The van der Waals surface area contributed by atoms with E-state index in [9.17, 15) is 22.4 Å². The van der Waals surface area contributed by atoms with Crippen molar-refractivity contribution in [3.8, 4) is 0 Å². The highest BCUT2D eigenvalue weighted by Gasteiger charge is 2.31. The Morgan fingerprint density at radius 2 is 1.93 bits per heavy atom. The Kier molecular flexibility index (Phi) is 5.13. The van der Waals surface area contributed by atoms with Gasteiger partial charge in [0.2, 0.25) is 0 Å². The number of amides is 1. The van der Waals surface area contributed by atoms with Gasteiger partial charge in [-0.15, -0.1) is 0 Å². The molecule has 0 atom stereocenters. The maximum atomic E-state index is 13.4. The van der Waals surface area contributed by atoms with Gasteiger partial charge in [0.1, 0.15) is 17.2 Å². The van der Waals surface area contributed by atoms with Gasteiger partial charge in [-0.2, -0.15) is 13.2 Å². The fraction of sp³-hybridized carbons (Fsp3) is 0.333. The van der Waals surface area contributed by atoms with Crippen LogP contribution in [0.3, 0.4) is 0 Å². The second-order valence-electron chi connectivity index (χ2n) is 7.33. The fourth-order valence-corrected chi connectivity index (χ4v) is 3.65. The van der Waals surface area contributed by atoms with Gasteiger partial charge < -0.3 is 14.6 Å². The summed E-state index contributed by atoms with van der Waals surface area (Å²) in [5.41, 5.74) is 0.241. The third kappa shape index (κ3) is 3.96. The first-order valence-electron chi connectivity index (χ1n) is 9.50. The SMILES string of the molecule is Cc1c(C(=O)NC2CCN(c3ccc(C(F)(F)F)cn3)CC2)oc2ccc(F)cc12. The number of benzene rings is 1. The molecule has 3 heterocycles. The van der Waals surface area contributed by atoms with Crippen LogP contribution in [0.4, 0.5) is 23.4 Å². The molecule has 3 aromatic rings. The van der Waals surface area contributed by atoms with Crippen molar-refractivity contribution in [2.24, 2.45) is 0 Å². The zero-order valence-corrected chi connectivity index (χ0v) is 16.1. The number of carbonyl (C=O) groups is 1. The minimum atomic E-state index is -4.41. The molecule has 0 radical (unpaired) electrons. The van der Waals surface area contributed by atoms with Crippen molar-refractivity contribution in [3.05, 3.63) is 59.2 Å². The van der Waals surface area contributed by atoms with Crippen LogP contribution in [0, 0.1) is 12.7 Å². The Morgan fingerprint density at radius 1 is 1.20 bits per heavy atom. The van der Waals surface area contributed by atoms with E-state index in [1.165, 1.54) is 24.3 Å². The summed E-state index contributed by atoms with van der Waals surface area (Å²) in [5.74, 6) is -0.136. The second kappa shape index (κ2) is 7.62. The lowest BCUT2D eigenvalue weighted by Crippen LogP contribution is -2.45. The Morgan fingerprint density at radius 3 is 2.57 bits per heavy atom. The molecule has 1 aromatic carbocycles. The molecule has 1 saturated heterocycles. The number of rotatable bonds is 3. The standard InChI is InChI=1S/C21H19F4N3O2/c1-12-16-10-14(22)3-4-17(16)30-19(12)20(29)27-15-6-8-28(9-7-15)18-5-2-13(11-26-18)21(23,24)25/h2-5,10-11,15H,6-9H2,1H3,(H,27,29). The Balaban J connectivity index is 1.38. The number of hydrogen-bond donors (Lipinski definition) is 1. The van der Waals surface area contributed by atoms with Gasteiger partial charge in [-0.1, -0.05) is 0 Å². The number of nitrogens with zero attached hydrogens (tertiary/aromatic N) is 2. The van der Waals surface area contributed by atoms with Crippen molar-refractivity contribution in [2.45, 2.75) is 32.0 Å². The van der Waals surface area contributed by atoms with Crippen molar-refractivity contribution >= 4 is 22.7 Å². The van der Waals surface area contributed by atoms with Crippen molar-refractivity contribution in [2.75, 3.05) is 18.0 Å². The first kappa shape index (κ1) is 20.2. The van der Waals surface area contributed by atoms with E-state index in [1.807, 2.05) is 4.90 Å². The number of aromatic nitrogens is 1. The number of alkyl halides is 3.